The van der Waals surface area contributed by atoms with E-state index in [1.807, 2.05) is 13.8 Å². The number of nitrogens with zero attached hydrogens (tertiary/aromatic N) is 1. The first-order valence-electron chi connectivity index (χ1n) is 6.82. The molecule has 0 aliphatic carbocycles. The third kappa shape index (κ3) is 3.39. The highest BCUT2D eigenvalue weighted by Crippen LogP contribution is 2.37. The molecule has 0 saturated heterocycles. The SMILES string of the molecule is CCOc1cccc(NC(CC)(CC)CO)c1[N+](=O)[O-]. The van der Waals surface area contributed by atoms with E-state index in [9.17, 15) is 15.2 Å². The maximum Gasteiger partial charge on any atom is 0.333 e. The van der Waals surface area contributed by atoms with Crippen molar-refractivity contribution >= 4 is 11.4 Å². The average molecular weight is 282 g/mol. The summed E-state index contributed by atoms with van der Waals surface area (Å²) < 4.78 is 5.31. The quantitative estimate of drug-likeness (QED) is 0.565. The van der Waals surface area contributed by atoms with E-state index in [4.69, 9.17) is 4.74 Å². The second kappa shape index (κ2) is 7.09. The summed E-state index contributed by atoms with van der Waals surface area (Å²) in [4.78, 5) is 10.8. The number of hydrogen-bond acceptors (Lipinski definition) is 5. The van der Waals surface area contributed by atoms with Crippen molar-refractivity contribution in [2.24, 2.45) is 0 Å². The van der Waals surface area contributed by atoms with Crippen LogP contribution >= 0.6 is 0 Å². The van der Waals surface area contributed by atoms with Crippen molar-refractivity contribution in [2.45, 2.75) is 39.2 Å². The zero-order valence-corrected chi connectivity index (χ0v) is 12.2. The van der Waals surface area contributed by atoms with Crippen molar-refractivity contribution in [1.82, 2.24) is 0 Å². The Hall–Kier alpha value is -1.82. The number of para-hydroxylation sites is 1. The average Bonchev–Trinajstić information content (AvgIpc) is 2.45. The summed E-state index contributed by atoms with van der Waals surface area (Å²) in [5.74, 6) is 0.238. The number of aliphatic hydroxyl groups is 1. The molecule has 0 saturated carbocycles. The smallest absolute Gasteiger partial charge is 0.333 e. The first kappa shape index (κ1) is 16.2. The van der Waals surface area contributed by atoms with Crippen molar-refractivity contribution in [2.75, 3.05) is 18.5 Å². The van der Waals surface area contributed by atoms with Crippen LogP contribution in [0, 0.1) is 10.1 Å². The van der Waals surface area contributed by atoms with E-state index in [0.29, 0.717) is 25.1 Å². The van der Waals surface area contributed by atoms with Crippen LogP contribution in [0.1, 0.15) is 33.6 Å². The highest BCUT2D eigenvalue weighted by Gasteiger charge is 2.29. The summed E-state index contributed by atoms with van der Waals surface area (Å²) in [6, 6.07) is 4.91. The predicted molar refractivity (Wildman–Crippen MR) is 78.3 cm³/mol. The molecule has 0 atom stereocenters. The fourth-order valence-corrected chi connectivity index (χ4v) is 2.06. The van der Waals surface area contributed by atoms with Crippen molar-refractivity contribution in [1.29, 1.82) is 0 Å². The van der Waals surface area contributed by atoms with E-state index < -0.39 is 10.5 Å². The molecular weight excluding hydrogens is 260 g/mol. The molecule has 0 aliphatic rings. The van der Waals surface area contributed by atoms with E-state index in [2.05, 4.69) is 5.32 Å². The van der Waals surface area contributed by atoms with Crippen LogP contribution < -0.4 is 10.1 Å². The van der Waals surface area contributed by atoms with Gasteiger partial charge in [-0.25, -0.2) is 0 Å². The lowest BCUT2D eigenvalue weighted by molar-refractivity contribution is -0.385. The number of hydrogen-bond donors (Lipinski definition) is 2. The van der Waals surface area contributed by atoms with Gasteiger partial charge in [0.1, 0.15) is 5.69 Å². The van der Waals surface area contributed by atoms with E-state index >= 15 is 0 Å². The highest BCUT2D eigenvalue weighted by atomic mass is 16.6. The first-order chi connectivity index (χ1) is 9.53. The second-order valence-electron chi connectivity index (χ2n) is 4.61. The molecule has 0 bridgehead atoms. The Kier molecular flexibility index (Phi) is 5.76. The van der Waals surface area contributed by atoms with E-state index in [1.54, 1.807) is 25.1 Å². The number of nitro groups is 1. The molecule has 1 aromatic rings. The van der Waals surface area contributed by atoms with Gasteiger partial charge in [0.2, 0.25) is 0 Å². The summed E-state index contributed by atoms with van der Waals surface area (Å²) in [6.07, 6.45) is 1.33. The van der Waals surface area contributed by atoms with Gasteiger partial charge in [-0.1, -0.05) is 19.9 Å². The van der Waals surface area contributed by atoms with Crippen LogP contribution in [0.4, 0.5) is 11.4 Å². The molecule has 0 aromatic heterocycles. The molecular formula is C14H22N2O4. The molecule has 0 fully saturated rings. The molecule has 0 aliphatic heterocycles. The summed E-state index contributed by atoms with van der Waals surface area (Å²) in [5, 5.41) is 24.0. The van der Waals surface area contributed by atoms with Crippen LogP contribution in [0.2, 0.25) is 0 Å². The Morgan fingerprint density at radius 3 is 2.45 bits per heavy atom. The molecule has 112 valence electrons. The summed E-state index contributed by atoms with van der Waals surface area (Å²) in [5.41, 5.74) is -0.275. The van der Waals surface area contributed by atoms with Gasteiger partial charge in [-0.15, -0.1) is 0 Å². The van der Waals surface area contributed by atoms with Gasteiger partial charge in [0.25, 0.3) is 0 Å². The van der Waals surface area contributed by atoms with Gasteiger partial charge in [0, 0.05) is 0 Å². The lowest BCUT2D eigenvalue weighted by Gasteiger charge is -2.31. The normalized spacial score (nSPS) is 11.2. The fraction of sp³-hybridized carbons (Fsp3) is 0.571. The van der Waals surface area contributed by atoms with Crippen molar-refractivity contribution in [3.8, 4) is 5.75 Å². The molecule has 0 amide bonds. The maximum atomic E-state index is 11.3. The number of anilines is 1. The lowest BCUT2D eigenvalue weighted by Crippen LogP contribution is -2.41. The number of benzene rings is 1. The van der Waals surface area contributed by atoms with E-state index in [0.717, 1.165) is 0 Å². The predicted octanol–water partition coefficient (Wildman–Crippen LogP) is 2.96. The molecule has 0 heterocycles. The third-order valence-electron chi connectivity index (χ3n) is 3.54. The van der Waals surface area contributed by atoms with E-state index in [-0.39, 0.29) is 18.0 Å². The molecule has 0 spiro atoms. The summed E-state index contributed by atoms with van der Waals surface area (Å²) in [7, 11) is 0. The molecule has 6 nitrogen and oxygen atoms in total. The summed E-state index contributed by atoms with van der Waals surface area (Å²) >= 11 is 0. The number of nitro benzene ring substituents is 1. The highest BCUT2D eigenvalue weighted by molar-refractivity contribution is 5.69. The molecule has 6 heteroatoms. The standard InChI is InChI=1S/C14H22N2O4/c1-4-14(5-2,10-17)15-11-8-7-9-12(20-6-3)13(11)16(18)19/h7-9,15,17H,4-6,10H2,1-3H3. The molecule has 1 aromatic carbocycles. The topological polar surface area (TPSA) is 84.6 Å². The first-order valence-corrected chi connectivity index (χ1v) is 6.82. The van der Waals surface area contributed by atoms with Crippen LogP contribution in [0.15, 0.2) is 18.2 Å². The number of nitrogens with one attached hydrogen (secondary N) is 1. The minimum absolute atomic E-state index is 0.0873. The second-order valence-corrected chi connectivity index (χ2v) is 4.61. The number of ether oxygens (including phenoxy) is 1. The van der Waals surface area contributed by atoms with Crippen LogP contribution in [0.5, 0.6) is 5.75 Å². The largest absolute Gasteiger partial charge is 0.487 e. The van der Waals surface area contributed by atoms with Gasteiger partial charge in [-0.05, 0) is 31.9 Å². The van der Waals surface area contributed by atoms with Crippen LogP contribution in [-0.4, -0.2) is 28.8 Å². The zero-order chi connectivity index (χ0) is 15.2. The Bertz CT molecular complexity index is 450. The zero-order valence-electron chi connectivity index (χ0n) is 12.2. The van der Waals surface area contributed by atoms with Crippen LogP contribution in [0.25, 0.3) is 0 Å². The molecule has 0 unspecified atom stereocenters. The van der Waals surface area contributed by atoms with Crippen molar-refractivity contribution in [3.63, 3.8) is 0 Å². The lowest BCUT2D eigenvalue weighted by atomic mass is 9.93. The van der Waals surface area contributed by atoms with Gasteiger partial charge in [-0.3, -0.25) is 10.1 Å². The molecule has 1 rings (SSSR count). The molecule has 0 radical (unpaired) electrons. The number of rotatable bonds is 8. The molecule has 2 N–H and O–H groups in total. The van der Waals surface area contributed by atoms with Gasteiger partial charge in [-0.2, -0.15) is 0 Å². The third-order valence-corrected chi connectivity index (χ3v) is 3.54. The molecule has 20 heavy (non-hydrogen) atoms. The van der Waals surface area contributed by atoms with Gasteiger partial charge in [0.15, 0.2) is 5.75 Å². The maximum absolute atomic E-state index is 11.3. The van der Waals surface area contributed by atoms with Crippen molar-refractivity contribution < 1.29 is 14.8 Å². The van der Waals surface area contributed by atoms with Crippen LogP contribution in [-0.2, 0) is 0 Å². The van der Waals surface area contributed by atoms with Gasteiger partial charge < -0.3 is 15.2 Å². The van der Waals surface area contributed by atoms with Crippen molar-refractivity contribution in [3.05, 3.63) is 28.3 Å². The summed E-state index contributed by atoms with van der Waals surface area (Å²) in [6.45, 7) is 5.92. The van der Waals surface area contributed by atoms with E-state index in [1.165, 1.54) is 0 Å². The Morgan fingerprint density at radius 1 is 1.35 bits per heavy atom. The Morgan fingerprint density at radius 2 is 2.00 bits per heavy atom. The monoisotopic (exact) mass is 282 g/mol. The van der Waals surface area contributed by atoms with Gasteiger partial charge in [0.05, 0.1) is 23.7 Å². The van der Waals surface area contributed by atoms with Gasteiger partial charge >= 0.3 is 5.69 Å². The minimum atomic E-state index is -0.560. The Balaban J connectivity index is 3.23. The van der Waals surface area contributed by atoms with Crippen LogP contribution in [0.3, 0.4) is 0 Å². The Labute approximate surface area is 118 Å². The minimum Gasteiger partial charge on any atom is -0.487 e. The fourth-order valence-electron chi connectivity index (χ4n) is 2.06. The number of aliphatic hydroxyl groups excluding tert-OH is 1.